The summed E-state index contributed by atoms with van der Waals surface area (Å²) in [7, 11) is 3.37. The summed E-state index contributed by atoms with van der Waals surface area (Å²) in [5.41, 5.74) is -0.659. The molecule has 19 heavy (non-hydrogen) atoms. The van der Waals surface area contributed by atoms with E-state index in [1.54, 1.807) is 19.0 Å². The molecule has 1 aromatic heterocycles. The van der Waals surface area contributed by atoms with Crippen molar-refractivity contribution < 1.29 is 20.1 Å². The Hall–Kier alpha value is -1.55. The summed E-state index contributed by atoms with van der Waals surface area (Å²) in [6.45, 7) is -0.458. The van der Waals surface area contributed by atoms with Crippen molar-refractivity contribution in [3.63, 3.8) is 0 Å². The Kier molecular flexibility index (Phi) is 3.80. The fourth-order valence-corrected chi connectivity index (χ4v) is 1.84. The molecule has 1 aliphatic rings. The van der Waals surface area contributed by atoms with Gasteiger partial charge in [0.25, 0.3) is 0 Å². The number of aliphatic hydroxyl groups is 3. The van der Waals surface area contributed by atoms with E-state index in [-0.39, 0.29) is 5.95 Å². The van der Waals surface area contributed by atoms with Crippen molar-refractivity contribution in [2.24, 2.45) is 0 Å². The molecule has 0 unspecified atom stereocenters. The van der Waals surface area contributed by atoms with Crippen LogP contribution >= 0.6 is 0 Å². The Morgan fingerprint density at radius 2 is 2.11 bits per heavy atom. The van der Waals surface area contributed by atoms with Gasteiger partial charge in [0.05, 0.1) is 6.61 Å². The van der Waals surface area contributed by atoms with Crippen molar-refractivity contribution in [2.75, 3.05) is 25.6 Å². The highest BCUT2D eigenvalue weighted by Gasteiger charge is 2.43. The molecular weight excluding hydrogens is 256 g/mol. The molecule has 0 amide bonds. The molecule has 0 radical (unpaired) electrons. The second-order valence-electron chi connectivity index (χ2n) is 4.47. The number of ether oxygens (including phenoxy) is 1. The van der Waals surface area contributed by atoms with E-state index in [4.69, 9.17) is 9.84 Å². The SMILES string of the molecule is CN(C)c1ncn([C@@H]2O[C@H](CO)[C@@H](O)[C@H]2O)c(=O)n1. The molecule has 1 aliphatic heterocycles. The molecule has 2 rings (SSSR count). The Morgan fingerprint density at radius 1 is 1.42 bits per heavy atom. The fraction of sp³-hybridized carbons (Fsp3) is 0.700. The second-order valence-corrected chi connectivity index (χ2v) is 4.47. The van der Waals surface area contributed by atoms with E-state index in [2.05, 4.69) is 9.97 Å². The minimum atomic E-state index is -1.33. The van der Waals surface area contributed by atoms with Crippen molar-refractivity contribution in [3.05, 3.63) is 16.8 Å². The van der Waals surface area contributed by atoms with E-state index in [9.17, 15) is 15.0 Å². The zero-order chi connectivity index (χ0) is 14.2. The van der Waals surface area contributed by atoms with E-state index >= 15 is 0 Å². The molecule has 0 bridgehead atoms. The molecule has 0 saturated carbocycles. The van der Waals surface area contributed by atoms with E-state index < -0.39 is 36.8 Å². The van der Waals surface area contributed by atoms with Crippen LogP contribution in [0.25, 0.3) is 0 Å². The van der Waals surface area contributed by atoms with Crippen LogP contribution in [0.3, 0.4) is 0 Å². The van der Waals surface area contributed by atoms with Gasteiger partial charge in [0.15, 0.2) is 6.23 Å². The summed E-state index contributed by atoms with van der Waals surface area (Å²) >= 11 is 0. The Bertz CT molecular complexity index is 505. The third-order valence-electron chi connectivity index (χ3n) is 2.91. The molecule has 0 aromatic carbocycles. The first kappa shape index (κ1) is 13.9. The van der Waals surface area contributed by atoms with Gasteiger partial charge < -0.3 is 25.0 Å². The summed E-state index contributed by atoms with van der Waals surface area (Å²) in [6.07, 6.45) is -3.47. The van der Waals surface area contributed by atoms with Crippen LogP contribution in [-0.2, 0) is 4.74 Å². The number of rotatable bonds is 3. The van der Waals surface area contributed by atoms with Crippen molar-refractivity contribution in [3.8, 4) is 0 Å². The first-order valence-corrected chi connectivity index (χ1v) is 5.70. The van der Waals surface area contributed by atoms with Crippen LogP contribution in [0.5, 0.6) is 0 Å². The van der Waals surface area contributed by atoms with Gasteiger partial charge >= 0.3 is 5.69 Å². The number of hydrogen-bond donors (Lipinski definition) is 3. The van der Waals surface area contributed by atoms with Crippen LogP contribution in [0.4, 0.5) is 5.95 Å². The zero-order valence-electron chi connectivity index (χ0n) is 10.5. The molecule has 9 nitrogen and oxygen atoms in total. The van der Waals surface area contributed by atoms with Crippen molar-refractivity contribution in [1.29, 1.82) is 0 Å². The van der Waals surface area contributed by atoms with Gasteiger partial charge in [-0.2, -0.15) is 4.98 Å². The molecule has 0 aliphatic carbocycles. The molecule has 2 heterocycles. The normalized spacial score (nSPS) is 30.6. The molecular formula is C10H16N4O5. The second kappa shape index (κ2) is 5.21. The zero-order valence-corrected chi connectivity index (χ0v) is 10.5. The molecule has 1 saturated heterocycles. The summed E-state index contributed by atoms with van der Waals surface area (Å²) in [5.74, 6) is 0.230. The van der Waals surface area contributed by atoms with Gasteiger partial charge in [-0.1, -0.05) is 0 Å². The van der Waals surface area contributed by atoms with Crippen molar-refractivity contribution in [2.45, 2.75) is 24.5 Å². The first-order valence-electron chi connectivity index (χ1n) is 5.70. The average molecular weight is 272 g/mol. The van der Waals surface area contributed by atoms with Gasteiger partial charge in [-0.05, 0) is 0 Å². The Balaban J connectivity index is 2.31. The molecule has 0 spiro atoms. The molecule has 4 atom stereocenters. The van der Waals surface area contributed by atoms with Crippen LogP contribution in [0.15, 0.2) is 11.1 Å². The minimum absolute atomic E-state index is 0.230. The fourth-order valence-electron chi connectivity index (χ4n) is 1.84. The van der Waals surface area contributed by atoms with E-state index in [0.29, 0.717) is 0 Å². The maximum atomic E-state index is 11.8. The predicted octanol–water partition coefficient (Wildman–Crippen LogP) is -2.68. The smallest absolute Gasteiger partial charge is 0.354 e. The van der Waals surface area contributed by atoms with E-state index in [1.807, 2.05) is 0 Å². The van der Waals surface area contributed by atoms with Gasteiger partial charge in [-0.3, -0.25) is 4.57 Å². The third kappa shape index (κ3) is 2.45. The molecule has 1 aromatic rings. The van der Waals surface area contributed by atoms with Crippen LogP contribution < -0.4 is 10.6 Å². The molecule has 106 valence electrons. The Labute approximate surface area is 108 Å². The minimum Gasteiger partial charge on any atom is -0.394 e. The Morgan fingerprint density at radius 3 is 2.58 bits per heavy atom. The lowest BCUT2D eigenvalue weighted by molar-refractivity contribution is -0.0554. The third-order valence-corrected chi connectivity index (χ3v) is 2.91. The van der Waals surface area contributed by atoms with Crippen LogP contribution in [0.1, 0.15) is 6.23 Å². The van der Waals surface area contributed by atoms with Gasteiger partial charge in [-0.25, -0.2) is 9.78 Å². The number of nitrogens with zero attached hydrogens (tertiary/aromatic N) is 4. The largest absolute Gasteiger partial charge is 0.394 e. The van der Waals surface area contributed by atoms with Crippen LogP contribution in [0, 0.1) is 0 Å². The highest BCUT2D eigenvalue weighted by atomic mass is 16.6. The highest BCUT2D eigenvalue weighted by Crippen LogP contribution is 2.27. The lowest BCUT2D eigenvalue weighted by Gasteiger charge is -2.17. The average Bonchev–Trinajstić information content (AvgIpc) is 2.66. The van der Waals surface area contributed by atoms with E-state index in [0.717, 1.165) is 4.57 Å². The lowest BCUT2D eigenvalue weighted by Crippen LogP contribution is -2.36. The monoisotopic (exact) mass is 272 g/mol. The molecule has 1 fully saturated rings. The van der Waals surface area contributed by atoms with Crippen molar-refractivity contribution >= 4 is 5.95 Å². The molecule has 3 N–H and O–H groups in total. The summed E-state index contributed by atoms with van der Waals surface area (Å²) in [6, 6.07) is 0. The van der Waals surface area contributed by atoms with Crippen molar-refractivity contribution in [1.82, 2.24) is 14.5 Å². The summed E-state index contributed by atoms with van der Waals surface area (Å²) in [4.78, 5) is 21.0. The number of aliphatic hydroxyl groups excluding tert-OH is 3. The van der Waals surface area contributed by atoms with Crippen LogP contribution in [-0.4, -0.2) is 68.9 Å². The summed E-state index contributed by atoms with van der Waals surface area (Å²) in [5, 5.41) is 28.4. The number of aromatic nitrogens is 3. The predicted molar refractivity (Wildman–Crippen MR) is 63.6 cm³/mol. The molecule has 9 heteroatoms. The van der Waals surface area contributed by atoms with E-state index in [1.165, 1.54) is 6.33 Å². The topological polar surface area (TPSA) is 121 Å². The quantitative estimate of drug-likeness (QED) is 0.544. The number of hydrogen-bond acceptors (Lipinski definition) is 8. The van der Waals surface area contributed by atoms with Gasteiger partial charge in [-0.15, -0.1) is 0 Å². The first-order chi connectivity index (χ1) is 8.95. The number of anilines is 1. The summed E-state index contributed by atoms with van der Waals surface area (Å²) < 4.78 is 6.20. The highest BCUT2D eigenvalue weighted by molar-refractivity contribution is 5.23. The van der Waals surface area contributed by atoms with Crippen LogP contribution in [0.2, 0.25) is 0 Å². The van der Waals surface area contributed by atoms with Gasteiger partial charge in [0.2, 0.25) is 5.95 Å². The maximum absolute atomic E-state index is 11.8. The van der Waals surface area contributed by atoms with Gasteiger partial charge in [0, 0.05) is 14.1 Å². The maximum Gasteiger partial charge on any atom is 0.354 e. The lowest BCUT2D eigenvalue weighted by atomic mass is 10.1. The van der Waals surface area contributed by atoms with Gasteiger partial charge in [0.1, 0.15) is 24.6 Å². The standard InChI is InChI=1S/C10H16N4O5/c1-13(2)9-11-4-14(10(18)12-9)8-7(17)6(16)5(3-15)19-8/h4-8,15-17H,3H2,1-2H3/t5-,6-,7-,8-/m1/s1.